The van der Waals surface area contributed by atoms with Crippen LogP contribution in [-0.2, 0) is 17.1 Å². The van der Waals surface area contributed by atoms with Gasteiger partial charge in [-0.1, -0.05) is 0 Å². The number of nitrogens with one attached hydrogen (secondary N) is 1. The Labute approximate surface area is 174 Å². The van der Waals surface area contributed by atoms with Crippen LogP contribution < -0.4 is 14.9 Å². The molecule has 1 heterocycles. The number of anilines is 1. The normalized spacial score (nSPS) is 14.1. The SMILES string of the molecule is CCS(=O)(=O)Nc1cc(-c2cn(C)cc3ccc(=O)cc2-3)c(OCC2CC2)cc1F. The lowest BCUT2D eigenvalue weighted by molar-refractivity contribution is 0.299. The summed E-state index contributed by atoms with van der Waals surface area (Å²) < 4.78 is 48.9. The van der Waals surface area contributed by atoms with Gasteiger partial charge in [0, 0.05) is 36.6 Å². The summed E-state index contributed by atoms with van der Waals surface area (Å²) in [7, 11) is -1.82. The van der Waals surface area contributed by atoms with E-state index >= 15 is 0 Å². The number of hydrogen-bond donors (Lipinski definition) is 1. The van der Waals surface area contributed by atoms with E-state index in [9.17, 15) is 17.6 Å². The van der Waals surface area contributed by atoms with E-state index in [0.717, 1.165) is 18.4 Å². The Hall–Kier alpha value is -2.87. The fourth-order valence-electron chi connectivity index (χ4n) is 3.32. The molecule has 1 N–H and O–H groups in total. The van der Waals surface area contributed by atoms with Gasteiger partial charge in [-0.15, -0.1) is 0 Å². The van der Waals surface area contributed by atoms with Gasteiger partial charge in [-0.25, -0.2) is 12.8 Å². The molecule has 0 spiro atoms. The van der Waals surface area contributed by atoms with E-state index in [1.165, 1.54) is 31.2 Å². The molecule has 4 rings (SSSR count). The van der Waals surface area contributed by atoms with Crippen LogP contribution in [0.1, 0.15) is 19.8 Å². The zero-order valence-electron chi connectivity index (χ0n) is 16.8. The fraction of sp³-hybridized carbons (Fsp3) is 0.318. The second kappa shape index (κ2) is 7.75. The molecule has 0 unspecified atom stereocenters. The molecule has 0 amide bonds. The molecule has 8 heteroatoms. The van der Waals surface area contributed by atoms with Crippen molar-refractivity contribution in [3.63, 3.8) is 0 Å². The first-order valence-corrected chi connectivity index (χ1v) is 11.5. The molecule has 1 aromatic carbocycles. The fourth-order valence-corrected chi connectivity index (χ4v) is 3.96. The van der Waals surface area contributed by atoms with Crippen LogP contribution in [0.5, 0.6) is 5.75 Å². The van der Waals surface area contributed by atoms with Crippen molar-refractivity contribution < 1.29 is 17.5 Å². The highest BCUT2D eigenvalue weighted by Gasteiger charge is 2.24. The number of nitrogens with zero attached hydrogens (tertiary/aromatic N) is 1. The summed E-state index contributed by atoms with van der Waals surface area (Å²) in [6, 6.07) is 7.40. The number of halogens is 1. The Morgan fingerprint density at radius 3 is 2.60 bits per heavy atom. The van der Waals surface area contributed by atoms with Crippen LogP contribution in [0.25, 0.3) is 22.3 Å². The molecule has 1 saturated carbocycles. The Morgan fingerprint density at radius 1 is 1.13 bits per heavy atom. The van der Waals surface area contributed by atoms with Gasteiger partial charge in [0.1, 0.15) is 5.75 Å². The first kappa shape index (κ1) is 20.4. The van der Waals surface area contributed by atoms with Gasteiger partial charge in [-0.2, -0.15) is 0 Å². The average molecular weight is 431 g/mol. The van der Waals surface area contributed by atoms with Gasteiger partial charge >= 0.3 is 0 Å². The molecule has 2 aliphatic carbocycles. The van der Waals surface area contributed by atoms with Gasteiger partial charge in [0.25, 0.3) is 0 Å². The Kier molecular flexibility index (Phi) is 5.27. The molecule has 6 nitrogen and oxygen atoms in total. The summed E-state index contributed by atoms with van der Waals surface area (Å²) in [6.07, 6.45) is 5.86. The van der Waals surface area contributed by atoms with E-state index < -0.39 is 15.8 Å². The zero-order chi connectivity index (χ0) is 21.5. The van der Waals surface area contributed by atoms with E-state index in [-0.39, 0.29) is 16.9 Å². The molecule has 0 atom stereocenters. The van der Waals surface area contributed by atoms with Crippen molar-refractivity contribution in [3.05, 3.63) is 58.8 Å². The van der Waals surface area contributed by atoms with Crippen molar-refractivity contribution in [1.82, 2.24) is 4.57 Å². The molecule has 1 fully saturated rings. The van der Waals surface area contributed by atoms with Gasteiger partial charge in [0.2, 0.25) is 10.0 Å². The molecule has 0 radical (unpaired) electrons. The van der Waals surface area contributed by atoms with Crippen molar-refractivity contribution in [1.29, 1.82) is 0 Å². The van der Waals surface area contributed by atoms with Crippen LogP contribution in [0, 0.1) is 11.7 Å². The number of sulfonamides is 1. The van der Waals surface area contributed by atoms with Gasteiger partial charge in [-0.3, -0.25) is 9.52 Å². The van der Waals surface area contributed by atoms with E-state index in [1.54, 1.807) is 6.07 Å². The highest BCUT2D eigenvalue weighted by Crippen LogP contribution is 2.41. The third-order valence-electron chi connectivity index (χ3n) is 5.17. The predicted octanol–water partition coefficient (Wildman–Crippen LogP) is 3.85. The number of aromatic nitrogens is 1. The highest BCUT2D eigenvalue weighted by atomic mass is 32.2. The van der Waals surface area contributed by atoms with Crippen molar-refractivity contribution in [2.45, 2.75) is 19.8 Å². The van der Waals surface area contributed by atoms with Gasteiger partial charge in [-0.05, 0) is 61.1 Å². The summed E-state index contributed by atoms with van der Waals surface area (Å²) in [5.74, 6) is -0.112. The van der Waals surface area contributed by atoms with E-state index in [4.69, 9.17) is 4.74 Å². The number of pyridine rings is 1. The number of aryl methyl sites for hydroxylation is 1. The summed E-state index contributed by atoms with van der Waals surface area (Å²) >= 11 is 0. The molecule has 0 bridgehead atoms. The lowest BCUT2D eigenvalue weighted by atomic mass is 9.94. The molecule has 30 heavy (non-hydrogen) atoms. The molecular weight excluding hydrogens is 407 g/mol. The minimum atomic E-state index is -3.67. The summed E-state index contributed by atoms with van der Waals surface area (Å²) in [4.78, 5) is 12.0. The average Bonchev–Trinajstić information content (AvgIpc) is 3.52. The van der Waals surface area contributed by atoms with Crippen LogP contribution in [0.15, 0.2) is 47.5 Å². The number of benzene rings is 2. The molecular formula is C22H23FN2O4S. The van der Waals surface area contributed by atoms with Crippen LogP contribution in [0.4, 0.5) is 10.1 Å². The van der Waals surface area contributed by atoms with Crippen LogP contribution >= 0.6 is 0 Å². The third-order valence-corrected chi connectivity index (χ3v) is 6.46. The number of hydrogen-bond acceptors (Lipinski definition) is 4. The van der Waals surface area contributed by atoms with Crippen molar-refractivity contribution in [2.24, 2.45) is 13.0 Å². The number of rotatable bonds is 7. The molecule has 1 aliphatic heterocycles. The van der Waals surface area contributed by atoms with Crippen molar-refractivity contribution in [3.8, 4) is 28.0 Å². The molecule has 0 saturated heterocycles. The van der Waals surface area contributed by atoms with Crippen LogP contribution in [-0.4, -0.2) is 25.3 Å². The van der Waals surface area contributed by atoms with Crippen molar-refractivity contribution >= 4 is 15.7 Å². The van der Waals surface area contributed by atoms with Crippen LogP contribution in [0.3, 0.4) is 0 Å². The van der Waals surface area contributed by atoms with E-state index in [0.29, 0.717) is 35.0 Å². The second-order valence-electron chi connectivity index (χ2n) is 7.67. The Balaban J connectivity index is 1.91. The van der Waals surface area contributed by atoms with Crippen LogP contribution in [0.2, 0.25) is 0 Å². The molecule has 158 valence electrons. The lowest BCUT2D eigenvalue weighted by Crippen LogP contribution is -2.16. The summed E-state index contributed by atoms with van der Waals surface area (Å²) in [5, 5.41) is 0. The Bertz CT molecular complexity index is 1230. The van der Waals surface area contributed by atoms with E-state index in [2.05, 4.69) is 4.72 Å². The first-order valence-electron chi connectivity index (χ1n) is 9.83. The first-order chi connectivity index (χ1) is 14.3. The van der Waals surface area contributed by atoms with E-state index in [1.807, 2.05) is 24.0 Å². The zero-order valence-corrected chi connectivity index (χ0v) is 17.6. The Morgan fingerprint density at radius 2 is 1.90 bits per heavy atom. The predicted molar refractivity (Wildman–Crippen MR) is 115 cm³/mol. The second-order valence-corrected chi connectivity index (χ2v) is 9.69. The summed E-state index contributed by atoms with van der Waals surface area (Å²) in [6.45, 7) is 1.95. The number of ether oxygens (including phenoxy) is 1. The quantitative estimate of drug-likeness (QED) is 0.618. The van der Waals surface area contributed by atoms with Gasteiger partial charge < -0.3 is 9.30 Å². The smallest absolute Gasteiger partial charge is 0.232 e. The topological polar surface area (TPSA) is 77.4 Å². The van der Waals surface area contributed by atoms with Gasteiger partial charge in [0.05, 0.1) is 18.0 Å². The largest absolute Gasteiger partial charge is 0.493 e. The van der Waals surface area contributed by atoms with Crippen molar-refractivity contribution in [2.75, 3.05) is 17.1 Å². The molecule has 1 aromatic rings. The number of fused-ring (bicyclic) bond motifs is 1. The highest BCUT2D eigenvalue weighted by molar-refractivity contribution is 7.92. The lowest BCUT2D eigenvalue weighted by Gasteiger charge is -2.19. The summed E-state index contributed by atoms with van der Waals surface area (Å²) in [5.41, 5.74) is 2.42. The minimum absolute atomic E-state index is 0.146. The standard InChI is InChI=1S/C22H23FN2O4S/c1-3-30(27,28)24-21-9-18(22(10-20(21)23)29-13-14-4-5-14)19-12-25(2)11-15-6-7-16(26)8-17(15)19/h6-12,14,24H,3-5,13H2,1-2H3. The minimum Gasteiger partial charge on any atom is -0.493 e. The van der Waals surface area contributed by atoms with Gasteiger partial charge in [0.15, 0.2) is 11.2 Å². The third kappa shape index (κ3) is 4.33. The molecule has 3 aliphatic rings. The molecule has 0 aromatic heterocycles. The maximum absolute atomic E-state index is 14.7. The monoisotopic (exact) mass is 430 g/mol. The maximum atomic E-state index is 14.7. The maximum Gasteiger partial charge on any atom is 0.232 e.